The Morgan fingerprint density at radius 1 is 1.60 bits per heavy atom. The van der Waals surface area contributed by atoms with Crippen molar-refractivity contribution in [1.29, 1.82) is 0 Å². The second-order valence-corrected chi connectivity index (χ2v) is 4.28. The normalized spacial score (nSPS) is 12.5. The van der Waals surface area contributed by atoms with Gasteiger partial charge in [-0.25, -0.2) is 14.8 Å². The predicted molar refractivity (Wildman–Crippen MR) is 59.6 cm³/mol. The Hall–Kier alpha value is -1.17. The molecule has 0 aliphatic heterocycles. The average Bonchev–Trinajstić information content (AvgIpc) is 2.15. The molecule has 0 bridgehead atoms. The van der Waals surface area contributed by atoms with Gasteiger partial charge in [0.05, 0.1) is 4.47 Å². The number of aliphatic carboxylic acids is 1. The Labute approximate surface area is 96.1 Å². The summed E-state index contributed by atoms with van der Waals surface area (Å²) in [6.07, 6.45) is 2.93. The Morgan fingerprint density at radius 3 is 2.73 bits per heavy atom. The Kier molecular flexibility index (Phi) is 4.02. The van der Waals surface area contributed by atoms with Gasteiger partial charge in [0.1, 0.15) is 18.2 Å². The number of hydrogen-bond donors (Lipinski definition) is 2. The Bertz CT molecular complexity index is 357. The van der Waals surface area contributed by atoms with Gasteiger partial charge in [-0.3, -0.25) is 0 Å². The van der Waals surface area contributed by atoms with Crippen molar-refractivity contribution in [3.63, 3.8) is 0 Å². The summed E-state index contributed by atoms with van der Waals surface area (Å²) in [6, 6.07) is -0.656. The fourth-order valence-electron chi connectivity index (χ4n) is 1.08. The molecule has 1 heterocycles. The summed E-state index contributed by atoms with van der Waals surface area (Å²) in [5, 5.41) is 11.8. The molecule has 0 aliphatic rings. The molecule has 0 saturated carbocycles. The highest BCUT2D eigenvalue weighted by Gasteiger charge is 2.22. The summed E-state index contributed by atoms with van der Waals surface area (Å²) >= 11 is 3.24. The van der Waals surface area contributed by atoms with E-state index in [1.165, 1.54) is 6.33 Å². The van der Waals surface area contributed by atoms with Crippen LogP contribution in [-0.2, 0) is 4.79 Å². The molecular formula is C9H12BrN3O2. The molecule has 0 unspecified atom stereocenters. The van der Waals surface area contributed by atoms with Gasteiger partial charge in [0.2, 0.25) is 0 Å². The number of hydrogen-bond acceptors (Lipinski definition) is 4. The standard InChI is InChI=1S/C9H12BrN3O2/c1-5(2)7(9(14)15)13-8-6(10)3-11-4-12-8/h3-5,7H,1-2H3,(H,14,15)(H,11,12,13)/t7-/m1/s1. The lowest BCUT2D eigenvalue weighted by Gasteiger charge is -2.18. The monoisotopic (exact) mass is 273 g/mol. The molecular weight excluding hydrogens is 262 g/mol. The first-order valence-electron chi connectivity index (χ1n) is 4.47. The highest BCUT2D eigenvalue weighted by Crippen LogP contribution is 2.19. The topological polar surface area (TPSA) is 75.1 Å². The van der Waals surface area contributed by atoms with Crippen LogP contribution in [0.2, 0.25) is 0 Å². The minimum Gasteiger partial charge on any atom is -0.480 e. The van der Waals surface area contributed by atoms with Gasteiger partial charge >= 0.3 is 5.97 Å². The van der Waals surface area contributed by atoms with Crippen molar-refractivity contribution in [1.82, 2.24) is 9.97 Å². The van der Waals surface area contributed by atoms with Gasteiger partial charge in [0.25, 0.3) is 0 Å². The molecule has 1 rings (SSSR count). The number of anilines is 1. The van der Waals surface area contributed by atoms with Crippen LogP contribution in [0.1, 0.15) is 13.8 Å². The molecule has 0 amide bonds. The molecule has 1 atom stereocenters. The van der Waals surface area contributed by atoms with E-state index >= 15 is 0 Å². The van der Waals surface area contributed by atoms with Crippen molar-refractivity contribution in [2.45, 2.75) is 19.9 Å². The third-order valence-corrected chi connectivity index (χ3v) is 2.47. The molecule has 1 aromatic heterocycles. The maximum absolute atomic E-state index is 10.9. The number of nitrogens with zero attached hydrogens (tertiary/aromatic N) is 2. The van der Waals surface area contributed by atoms with Crippen LogP contribution < -0.4 is 5.32 Å². The first-order chi connectivity index (χ1) is 7.02. The molecule has 5 nitrogen and oxygen atoms in total. The first kappa shape index (κ1) is 11.9. The van der Waals surface area contributed by atoms with Crippen LogP contribution in [0, 0.1) is 5.92 Å². The van der Waals surface area contributed by atoms with Gasteiger partial charge < -0.3 is 10.4 Å². The molecule has 1 aromatic rings. The zero-order valence-electron chi connectivity index (χ0n) is 8.44. The van der Waals surface area contributed by atoms with Crippen LogP contribution in [0.25, 0.3) is 0 Å². The fraction of sp³-hybridized carbons (Fsp3) is 0.444. The van der Waals surface area contributed by atoms with Gasteiger partial charge in [-0.15, -0.1) is 0 Å². The van der Waals surface area contributed by atoms with Crippen molar-refractivity contribution in [3.05, 3.63) is 17.0 Å². The molecule has 0 aliphatic carbocycles. The van der Waals surface area contributed by atoms with Gasteiger partial charge in [-0.1, -0.05) is 13.8 Å². The van der Waals surface area contributed by atoms with E-state index in [0.717, 1.165) is 0 Å². The van der Waals surface area contributed by atoms with Crippen LogP contribution in [0.4, 0.5) is 5.82 Å². The lowest BCUT2D eigenvalue weighted by molar-refractivity contribution is -0.138. The number of carboxylic acids is 1. The number of rotatable bonds is 4. The van der Waals surface area contributed by atoms with Crippen molar-refractivity contribution in [3.8, 4) is 0 Å². The third-order valence-electron chi connectivity index (χ3n) is 1.89. The minimum atomic E-state index is -0.893. The maximum atomic E-state index is 10.9. The van der Waals surface area contributed by atoms with Gasteiger partial charge in [-0.05, 0) is 21.8 Å². The van der Waals surface area contributed by atoms with Crippen LogP contribution in [0.3, 0.4) is 0 Å². The summed E-state index contributed by atoms with van der Waals surface area (Å²) in [5.74, 6) is -0.425. The molecule has 0 aromatic carbocycles. The highest BCUT2D eigenvalue weighted by atomic mass is 79.9. The average molecular weight is 274 g/mol. The maximum Gasteiger partial charge on any atom is 0.326 e. The van der Waals surface area contributed by atoms with Crippen LogP contribution in [-0.4, -0.2) is 27.1 Å². The second kappa shape index (κ2) is 5.06. The second-order valence-electron chi connectivity index (χ2n) is 3.42. The summed E-state index contributed by atoms with van der Waals surface area (Å²) in [5.41, 5.74) is 0. The highest BCUT2D eigenvalue weighted by molar-refractivity contribution is 9.10. The van der Waals surface area contributed by atoms with E-state index in [0.29, 0.717) is 10.3 Å². The summed E-state index contributed by atoms with van der Waals surface area (Å²) in [6.45, 7) is 3.67. The fourth-order valence-corrected chi connectivity index (χ4v) is 1.41. The lowest BCUT2D eigenvalue weighted by atomic mass is 10.1. The Morgan fingerprint density at radius 2 is 2.27 bits per heavy atom. The molecule has 0 spiro atoms. The smallest absolute Gasteiger partial charge is 0.326 e. The van der Waals surface area contributed by atoms with Crippen molar-refractivity contribution < 1.29 is 9.90 Å². The van der Waals surface area contributed by atoms with Crippen LogP contribution in [0.5, 0.6) is 0 Å². The minimum absolute atomic E-state index is 0.0237. The first-order valence-corrected chi connectivity index (χ1v) is 5.26. The molecule has 15 heavy (non-hydrogen) atoms. The zero-order chi connectivity index (χ0) is 11.4. The van der Waals surface area contributed by atoms with Crippen LogP contribution >= 0.6 is 15.9 Å². The van der Waals surface area contributed by atoms with E-state index in [-0.39, 0.29) is 5.92 Å². The van der Waals surface area contributed by atoms with Crippen molar-refractivity contribution in [2.75, 3.05) is 5.32 Å². The van der Waals surface area contributed by atoms with E-state index in [4.69, 9.17) is 5.11 Å². The number of aromatic nitrogens is 2. The Balaban J connectivity index is 2.84. The molecule has 6 heteroatoms. The summed E-state index contributed by atoms with van der Waals surface area (Å²) in [7, 11) is 0. The molecule has 2 N–H and O–H groups in total. The number of halogens is 1. The number of carboxylic acid groups (broad SMARTS) is 1. The molecule has 0 radical (unpaired) electrons. The van der Waals surface area contributed by atoms with E-state index in [1.807, 2.05) is 13.8 Å². The van der Waals surface area contributed by atoms with E-state index in [9.17, 15) is 4.79 Å². The number of nitrogens with one attached hydrogen (secondary N) is 1. The number of carbonyl (C=O) groups is 1. The SMILES string of the molecule is CC(C)[C@@H](Nc1ncncc1Br)C(=O)O. The van der Waals surface area contributed by atoms with E-state index in [2.05, 4.69) is 31.2 Å². The molecule has 0 fully saturated rings. The molecule has 82 valence electrons. The lowest BCUT2D eigenvalue weighted by Crippen LogP contribution is -2.34. The summed E-state index contributed by atoms with van der Waals surface area (Å²) < 4.78 is 0.650. The van der Waals surface area contributed by atoms with Crippen molar-refractivity contribution >= 4 is 27.7 Å². The third kappa shape index (κ3) is 3.16. The van der Waals surface area contributed by atoms with Crippen molar-refractivity contribution in [2.24, 2.45) is 5.92 Å². The van der Waals surface area contributed by atoms with E-state index in [1.54, 1.807) is 6.20 Å². The summed E-state index contributed by atoms with van der Waals surface area (Å²) in [4.78, 5) is 18.7. The van der Waals surface area contributed by atoms with Crippen LogP contribution in [0.15, 0.2) is 17.0 Å². The zero-order valence-corrected chi connectivity index (χ0v) is 10.0. The van der Waals surface area contributed by atoms with Gasteiger partial charge in [-0.2, -0.15) is 0 Å². The largest absolute Gasteiger partial charge is 0.480 e. The van der Waals surface area contributed by atoms with Gasteiger partial charge in [0.15, 0.2) is 0 Å². The predicted octanol–water partition coefficient (Wildman–Crippen LogP) is 1.76. The van der Waals surface area contributed by atoms with E-state index < -0.39 is 12.0 Å². The van der Waals surface area contributed by atoms with Gasteiger partial charge in [0, 0.05) is 6.20 Å². The quantitative estimate of drug-likeness (QED) is 0.875. The molecule has 0 saturated heterocycles.